The minimum absolute atomic E-state index is 0.410. The normalized spacial score (nSPS) is 22.4. The van der Waals surface area contributed by atoms with Crippen LogP contribution in [0.3, 0.4) is 0 Å². The molecule has 0 aromatic heterocycles. The molecule has 4 nitrogen and oxygen atoms in total. The number of rotatable bonds is 3. The van der Waals surface area contributed by atoms with E-state index in [1.807, 2.05) is 0 Å². The summed E-state index contributed by atoms with van der Waals surface area (Å²) in [6, 6.07) is 2.11. The Morgan fingerprint density at radius 2 is 1.19 bits per heavy atom. The van der Waals surface area contributed by atoms with Crippen LogP contribution in [0.2, 0.25) is 0 Å². The van der Waals surface area contributed by atoms with Crippen molar-refractivity contribution in [2.75, 3.05) is 13.2 Å². The molecule has 2 aliphatic rings. The van der Waals surface area contributed by atoms with Crippen molar-refractivity contribution < 1.29 is 9.47 Å². The van der Waals surface area contributed by atoms with Crippen LogP contribution in [0.4, 0.5) is 0 Å². The highest BCUT2D eigenvalue weighted by Crippen LogP contribution is 2.26. The lowest BCUT2D eigenvalue weighted by atomic mass is 10.1. The molecule has 0 saturated carbocycles. The Bertz CT molecular complexity index is 289. The van der Waals surface area contributed by atoms with Gasteiger partial charge in [-0.2, -0.15) is 0 Å². The number of hydrogen-bond donors (Lipinski definition) is 0. The van der Waals surface area contributed by atoms with Gasteiger partial charge in [0.25, 0.3) is 11.8 Å². The SMILES string of the molecule is CC(C)[C]1COC(C2=N[C](C(C)C)CO2)=N1. The van der Waals surface area contributed by atoms with E-state index in [9.17, 15) is 0 Å². The molecule has 0 unspecified atom stereocenters. The average Bonchev–Trinajstić information content (AvgIpc) is 2.86. The van der Waals surface area contributed by atoms with Gasteiger partial charge in [-0.05, 0) is 11.8 Å². The smallest absolute Gasteiger partial charge is 0.273 e. The van der Waals surface area contributed by atoms with Crippen molar-refractivity contribution in [3.63, 3.8) is 0 Å². The fourth-order valence-electron chi connectivity index (χ4n) is 1.49. The first-order valence-corrected chi connectivity index (χ1v) is 5.72. The number of aliphatic imine (C=N–C) groups is 2. The van der Waals surface area contributed by atoms with Crippen molar-refractivity contribution in [1.82, 2.24) is 0 Å². The molecule has 0 saturated heterocycles. The first kappa shape index (κ1) is 11.4. The Labute approximate surface area is 96.8 Å². The minimum atomic E-state index is 0.410. The predicted octanol–water partition coefficient (Wildman–Crippen LogP) is 2.22. The van der Waals surface area contributed by atoms with Crippen LogP contribution in [0.15, 0.2) is 9.98 Å². The summed E-state index contributed by atoms with van der Waals surface area (Å²) in [5, 5.41) is 0. The molecule has 2 radical (unpaired) electrons. The summed E-state index contributed by atoms with van der Waals surface area (Å²) < 4.78 is 11.0. The Balaban J connectivity index is 2.05. The van der Waals surface area contributed by atoms with Crippen LogP contribution < -0.4 is 0 Å². The molecule has 0 N–H and O–H groups in total. The van der Waals surface area contributed by atoms with Crippen molar-refractivity contribution >= 4 is 11.8 Å². The Morgan fingerprint density at radius 1 is 0.812 bits per heavy atom. The summed E-state index contributed by atoms with van der Waals surface area (Å²) in [7, 11) is 0. The first-order valence-electron chi connectivity index (χ1n) is 5.72. The molecule has 16 heavy (non-hydrogen) atoms. The zero-order valence-corrected chi connectivity index (χ0v) is 10.3. The molecule has 2 heterocycles. The molecule has 2 aliphatic heterocycles. The van der Waals surface area contributed by atoms with E-state index in [1.54, 1.807) is 0 Å². The maximum atomic E-state index is 5.48. The quantitative estimate of drug-likeness (QED) is 0.734. The number of hydrogen-bond acceptors (Lipinski definition) is 4. The van der Waals surface area contributed by atoms with Crippen molar-refractivity contribution in [2.24, 2.45) is 21.8 Å². The summed E-state index contributed by atoms with van der Waals surface area (Å²) >= 11 is 0. The monoisotopic (exact) mass is 222 g/mol. The van der Waals surface area contributed by atoms with Crippen molar-refractivity contribution in [3.05, 3.63) is 12.1 Å². The average molecular weight is 222 g/mol. The molecule has 2 rings (SSSR count). The maximum Gasteiger partial charge on any atom is 0.273 e. The predicted molar refractivity (Wildman–Crippen MR) is 62.9 cm³/mol. The lowest BCUT2D eigenvalue weighted by molar-refractivity contribution is 0.307. The second kappa shape index (κ2) is 4.44. The fraction of sp³-hybridized carbons (Fsp3) is 0.667. The summed E-state index contributed by atoms with van der Waals surface area (Å²) in [6.45, 7) is 9.54. The second-order valence-corrected chi connectivity index (χ2v) is 4.70. The van der Waals surface area contributed by atoms with Crippen molar-refractivity contribution in [2.45, 2.75) is 27.7 Å². The van der Waals surface area contributed by atoms with Crippen LogP contribution in [0.1, 0.15) is 27.7 Å². The van der Waals surface area contributed by atoms with Crippen molar-refractivity contribution in [3.8, 4) is 0 Å². The van der Waals surface area contributed by atoms with E-state index in [0.717, 1.165) is 12.1 Å². The van der Waals surface area contributed by atoms with E-state index < -0.39 is 0 Å². The largest absolute Gasteiger partial charge is 0.471 e. The molecular formula is C12H18N2O2. The minimum Gasteiger partial charge on any atom is -0.471 e. The van der Waals surface area contributed by atoms with Gasteiger partial charge in [-0.15, -0.1) is 0 Å². The van der Waals surface area contributed by atoms with Crippen LogP contribution in [0.5, 0.6) is 0 Å². The van der Waals surface area contributed by atoms with Crippen LogP contribution in [0.25, 0.3) is 0 Å². The van der Waals surface area contributed by atoms with Crippen LogP contribution in [0, 0.1) is 23.9 Å². The lowest BCUT2D eigenvalue weighted by Crippen LogP contribution is -2.14. The van der Waals surface area contributed by atoms with Gasteiger partial charge in [-0.25, -0.2) is 9.98 Å². The molecular weight excluding hydrogens is 204 g/mol. The van der Waals surface area contributed by atoms with E-state index in [2.05, 4.69) is 37.7 Å². The molecule has 0 bridgehead atoms. The molecule has 0 aromatic carbocycles. The van der Waals surface area contributed by atoms with Crippen molar-refractivity contribution in [1.29, 1.82) is 0 Å². The standard InChI is InChI=1S/C12H18N2O2/c1-7(2)9-5-15-11(13-9)12-14-10(6-16-12)8(3)4/h7-8H,5-6H2,1-4H3. The topological polar surface area (TPSA) is 43.2 Å². The van der Waals surface area contributed by atoms with Gasteiger partial charge in [0.15, 0.2) is 0 Å². The summed E-state index contributed by atoms with van der Waals surface area (Å²) in [5.74, 6) is 1.90. The molecule has 0 aromatic rings. The fourth-order valence-corrected chi connectivity index (χ4v) is 1.49. The Hall–Kier alpha value is -1.06. The summed E-state index contributed by atoms with van der Waals surface area (Å²) in [5.41, 5.74) is 0. The van der Waals surface area contributed by atoms with Gasteiger partial charge >= 0.3 is 0 Å². The molecule has 4 heteroatoms. The van der Waals surface area contributed by atoms with Crippen LogP contribution in [-0.4, -0.2) is 25.0 Å². The van der Waals surface area contributed by atoms with Gasteiger partial charge in [0.05, 0.1) is 0 Å². The van der Waals surface area contributed by atoms with Gasteiger partial charge in [0.2, 0.25) is 0 Å². The number of ether oxygens (including phenoxy) is 2. The molecule has 0 spiro atoms. The van der Waals surface area contributed by atoms with Gasteiger partial charge in [0, 0.05) is 0 Å². The third kappa shape index (κ3) is 2.20. The third-order valence-corrected chi connectivity index (χ3v) is 2.72. The zero-order chi connectivity index (χ0) is 11.7. The van der Waals surface area contributed by atoms with Gasteiger partial charge in [0.1, 0.15) is 25.3 Å². The Kier molecular flexibility index (Phi) is 3.17. The second-order valence-electron chi connectivity index (χ2n) is 4.70. The number of nitrogens with zero attached hydrogens (tertiary/aromatic N) is 2. The highest BCUT2D eigenvalue weighted by molar-refractivity contribution is 6.36. The first-order chi connectivity index (χ1) is 7.58. The van der Waals surface area contributed by atoms with Gasteiger partial charge < -0.3 is 9.47 Å². The van der Waals surface area contributed by atoms with Crippen LogP contribution in [-0.2, 0) is 9.47 Å². The van der Waals surface area contributed by atoms with Crippen LogP contribution >= 0.6 is 0 Å². The van der Waals surface area contributed by atoms with E-state index >= 15 is 0 Å². The molecule has 0 aliphatic carbocycles. The Morgan fingerprint density at radius 3 is 1.44 bits per heavy atom. The molecule has 0 atom stereocenters. The maximum absolute atomic E-state index is 5.48. The highest BCUT2D eigenvalue weighted by atomic mass is 16.5. The third-order valence-electron chi connectivity index (χ3n) is 2.72. The van der Waals surface area contributed by atoms with E-state index in [-0.39, 0.29) is 0 Å². The van der Waals surface area contributed by atoms with Gasteiger partial charge in [-0.1, -0.05) is 27.7 Å². The summed E-state index contributed by atoms with van der Waals surface area (Å²) in [6.07, 6.45) is 0. The summed E-state index contributed by atoms with van der Waals surface area (Å²) in [4.78, 5) is 8.81. The zero-order valence-electron chi connectivity index (χ0n) is 10.3. The molecule has 88 valence electrons. The van der Waals surface area contributed by atoms with E-state index in [1.165, 1.54) is 0 Å². The van der Waals surface area contributed by atoms with E-state index in [4.69, 9.17) is 9.47 Å². The lowest BCUT2D eigenvalue weighted by Gasteiger charge is -2.05. The molecule has 0 fully saturated rings. The van der Waals surface area contributed by atoms with Gasteiger partial charge in [-0.3, -0.25) is 0 Å². The molecule has 0 amide bonds. The van der Waals surface area contributed by atoms with E-state index in [0.29, 0.717) is 36.8 Å². The highest BCUT2D eigenvalue weighted by Gasteiger charge is 2.32.